The third-order valence-electron chi connectivity index (χ3n) is 3.62. The maximum Gasteiger partial charge on any atom is 0.266 e. The van der Waals surface area contributed by atoms with Gasteiger partial charge in [0.2, 0.25) is 0 Å². The molecule has 0 fully saturated rings. The standard InChI is InChI=1S/C17H23ClN4O3S/c1-4-10-22(11-5-2)17-9-8-16(19-20-17)21-26(23,24)15-12-13(18)6-7-14(15)25-3/h6-9,12H,4-5,10-11H2,1-3H3,(H,19,21). The summed E-state index contributed by atoms with van der Waals surface area (Å²) >= 11 is 5.92. The molecule has 0 unspecified atom stereocenters. The number of sulfonamides is 1. The Morgan fingerprint density at radius 1 is 1.12 bits per heavy atom. The van der Waals surface area contributed by atoms with Crippen molar-refractivity contribution in [3.05, 3.63) is 35.4 Å². The predicted molar refractivity (Wildman–Crippen MR) is 104 cm³/mol. The fourth-order valence-corrected chi connectivity index (χ4v) is 3.91. The Morgan fingerprint density at radius 3 is 2.35 bits per heavy atom. The highest BCUT2D eigenvalue weighted by molar-refractivity contribution is 7.92. The topological polar surface area (TPSA) is 84.4 Å². The summed E-state index contributed by atoms with van der Waals surface area (Å²) in [6.07, 6.45) is 1.98. The van der Waals surface area contributed by atoms with Crippen molar-refractivity contribution >= 4 is 33.3 Å². The molecule has 2 rings (SSSR count). The van der Waals surface area contributed by atoms with Gasteiger partial charge in [-0.3, -0.25) is 4.72 Å². The van der Waals surface area contributed by atoms with Crippen LogP contribution in [0.3, 0.4) is 0 Å². The summed E-state index contributed by atoms with van der Waals surface area (Å²) in [5, 5.41) is 8.44. The first-order valence-electron chi connectivity index (χ1n) is 8.36. The minimum absolute atomic E-state index is 0.0584. The van der Waals surface area contributed by atoms with E-state index >= 15 is 0 Å². The number of benzene rings is 1. The van der Waals surface area contributed by atoms with Gasteiger partial charge in [0.15, 0.2) is 11.6 Å². The van der Waals surface area contributed by atoms with Crippen molar-refractivity contribution in [1.29, 1.82) is 0 Å². The van der Waals surface area contributed by atoms with E-state index in [9.17, 15) is 8.42 Å². The molecule has 0 saturated heterocycles. The third-order valence-corrected chi connectivity index (χ3v) is 5.23. The van der Waals surface area contributed by atoms with E-state index in [2.05, 4.69) is 33.7 Å². The molecule has 0 atom stereocenters. The van der Waals surface area contributed by atoms with E-state index in [0.717, 1.165) is 31.7 Å². The first-order chi connectivity index (χ1) is 12.4. The Balaban J connectivity index is 2.24. The predicted octanol–water partition coefficient (Wildman–Crippen LogP) is 3.57. The van der Waals surface area contributed by atoms with Gasteiger partial charge in [-0.1, -0.05) is 25.4 Å². The molecule has 0 bridgehead atoms. The van der Waals surface area contributed by atoms with Crippen molar-refractivity contribution < 1.29 is 13.2 Å². The Kier molecular flexibility index (Phi) is 7.05. The quantitative estimate of drug-likeness (QED) is 0.695. The monoisotopic (exact) mass is 398 g/mol. The molecule has 0 saturated carbocycles. The smallest absolute Gasteiger partial charge is 0.266 e. The summed E-state index contributed by atoms with van der Waals surface area (Å²) in [6.45, 7) is 5.93. The molecule has 0 aliphatic rings. The van der Waals surface area contributed by atoms with Crippen LogP contribution in [0.1, 0.15) is 26.7 Å². The number of rotatable bonds is 9. The largest absolute Gasteiger partial charge is 0.495 e. The molecular weight excluding hydrogens is 376 g/mol. The van der Waals surface area contributed by atoms with E-state index in [4.69, 9.17) is 16.3 Å². The molecule has 2 aromatic rings. The molecule has 0 radical (unpaired) electrons. The molecule has 1 aromatic carbocycles. The molecule has 0 spiro atoms. The number of nitrogens with one attached hydrogen (secondary N) is 1. The van der Waals surface area contributed by atoms with Gasteiger partial charge < -0.3 is 9.64 Å². The minimum Gasteiger partial charge on any atom is -0.495 e. The molecule has 1 aromatic heterocycles. The van der Waals surface area contributed by atoms with Gasteiger partial charge in [-0.15, -0.1) is 10.2 Å². The van der Waals surface area contributed by atoms with Crippen LogP contribution in [0.2, 0.25) is 5.02 Å². The zero-order valence-electron chi connectivity index (χ0n) is 15.1. The molecule has 0 amide bonds. The van der Waals surface area contributed by atoms with Gasteiger partial charge in [-0.25, -0.2) is 8.42 Å². The van der Waals surface area contributed by atoms with Crippen LogP contribution in [0, 0.1) is 0 Å². The van der Waals surface area contributed by atoms with Crippen LogP contribution < -0.4 is 14.4 Å². The van der Waals surface area contributed by atoms with E-state index in [1.54, 1.807) is 18.2 Å². The lowest BCUT2D eigenvalue weighted by Gasteiger charge is -2.21. The zero-order chi connectivity index (χ0) is 19.2. The fourth-order valence-electron chi connectivity index (χ4n) is 2.48. The first kappa shape index (κ1) is 20.3. The van der Waals surface area contributed by atoms with E-state index in [1.165, 1.54) is 19.2 Å². The summed E-state index contributed by atoms with van der Waals surface area (Å²) in [6, 6.07) is 7.73. The Labute approximate surface area is 159 Å². The van der Waals surface area contributed by atoms with Crippen molar-refractivity contribution in [3.63, 3.8) is 0 Å². The van der Waals surface area contributed by atoms with Crippen LogP contribution in [0.4, 0.5) is 11.6 Å². The number of methoxy groups -OCH3 is 1. The normalized spacial score (nSPS) is 11.2. The fraction of sp³-hybridized carbons (Fsp3) is 0.412. The maximum atomic E-state index is 12.6. The second kappa shape index (κ2) is 9.05. The highest BCUT2D eigenvalue weighted by Crippen LogP contribution is 2.28. The number of hydrogen-bond acceptors (Lipinski definition) is 6. The van der Waals surface area contributed by atoms with Gasteiger partial charge in [-0.2, -0.15) is 0 Å². The first-order valence-corrected chi connectivity index (χ1v) is 10.2. The van der Waals surface area contributed by atoms with Gasteiger partial charge in [0.1, 0.15) is 10.6 Å². The lowest BCUT2D eigenvalue weighted by molar-refractivity contribution is 0.403. The second-order valence-electron chi connectivity index (χ2n) is 5.66. The molecular formula is C17H23ClN4O3S. The van der Waals surface area contributed by atoms with Gasteiger partial charge in [-0.05, 0) is 43.2 Å². The number of halogens is 1. The lowest BCUT2D eigenvalue weighted by Crippen LogP contribution is -2.26. The van der Waals surface area contributed by atoms with E-state index in [-0.39, 0.29) is 16.5 Å². The molecule has 1 N–H and O–H groups in total. The third kappa shape index (κ3) is 4.98. The SMILES string of the molecule is CCCN(CCC)c1ccc(NS(=O)(=O)c2cc(Cl)ccc2OC)nn1. The number of anilines is 2. The summed E-state index contributed by atoms with van der Waals surface area (Å²) in [5.74, 6) is 1.05. The number of nitrogens with zero attached hydrogens (tertiary/aromatic N) is 3. The average Bonchev–Trinajstić information content (AvgIpc) is 2.62. The second-order valence-corrected chi connectivity index (χ2v) is 7.75. The summed E-state index contributed by atoms with van der Waals surface area (Å²) < 4.78 is 32.8. The van der Waals surface area contributed by atoms with Crippen molar-refractivity contribution in [2.75, 3.05) is 29.8 Å². The van der Waals surface area contributed by atoms with Gasteiger partial charge >= 0.3 is 0 Å². The Bertz CT molecular complexity index is 822. The van der Waals surface area contributed by atoms with Crippen molar-refractivity contribution in [1.82, 2.24) is 10.2 Å². The van der Waals surface area contributed by atoms with E-state index in [0.29, 0.717) is 5.02 Å². The molecule has 0 aliphatic heterocycles. The lowest BCUT2D eigenvalue weighted by atomic mass is 10.3. The van der Waals surface area contributed by atoms with Crippen molar-refractivity contribution in [3.8, 4) is 5.75 Å². The van der Waals surface area contributed by atoms with Gasteiger partial charge in [0.05, 0.1) is 7.11 Å². The molecule has 1 heterocycles. The number of aromatic nitrogens is 2. The average molecular weight is 399 g/mol. The van der Waals surface area contributed by atoms with Crippen LogP contribution in [0.25, 0.3) is 0 Å². The van der Waals surface area contributed by atoms with Crippen LogP contribution in [-0.2, 0) is 10.0 Å². The van der Waals surface area contributed by atoms with Crippen LogP contribution in [0.15, 0.2) is 35.2 Å². The van der Waals surface area contributed by atoms with Crippen LogP contribution in [-0.4, -0.2) is 38.8 Å². The maximum absolute atomic E-state index is 12.6. The highest BCUT2D eigenvalue weighted by atomic mass is 35.5. The molecule has 7 nitrogen and oxygen atoms in total. The number of ether oxygens (including phenoxy) is 1. The minimum atomic E-state index is -3.91. The molecule has 9 heteroatoms. The van der Waals surface area contributed by atoms with Crippen LogP contribution >= 0.6 is 11.6 Å². The highest BCUT2D eigenvalue weighted by Gasteiger charge is 2.21. The summed E-state index contributed by atoms with van der Waals surface area (Å²) in [5.41, 5.74) is 0. The number of hydrogen-bond donors (Lipinski definition) is 1. The van der Waals surface area contributed by atoms with Crippen molar-refractivity contribution in [2.24, 2.45) is 0 Å². The molecule has 26 heavy (non-hydrogen) atoms. The van der Waals surface area contributed by atoms with Crippen molar-refractivity contribution in [2.45, 2.75) is 31.6 Å². The Morgan fingerprint density at radius 2 is 1.81 bits per heavy atom. The van der Waals surface area contributed by atoms with E-state index < -0.39 is 10.0 Å². The van der Waals surface area contributed by atoms with Gasteiger partial charge in [0.25, 0.3) is 10.0 Å². The summed E-state index contributed by atoms with van der Waals surface area (Å²) in [4.78, 5) is 2.06. The zero-order valence-corrected chi connectivity index (χ0v) is 16.6. The summed E-state index contributed by atoms with van der Waals surface area (Å²) in [7, 11) is -2.51. The molecule has 0 aliphatic carbocycles. The Hall–Kier alpha value is -2.06. The van der Waals surface area contributed by atoms with Gasteiger partial charge in [0, 0.05) is 18.1 Å². The van der Waals surface area contributed by atoms with Crippen LogP contribution in [0.5, 0.6) is 5.75 Å². The molecule has 142 valence electrons. The van der Waals surface area contributed by atoms with E-state index in [1.807, 2.05) is 0 Å².